The Hall–Kier alpha value is -0.240. The normalized spacial score (nSPS) is 46.4. The molecular formula is C7H14O6. The van der Waals surface area contributed by atoms with Crippen molar-refractivity contribution in [3.8, 4) is 0 Å². The summed E-state index contributed by atoms with van der Waals surface area (Å²) in [6.45, 7) is -0.440. The fraction of sp³-hybridized carbons (Fsp3) is 1.00. The summed E-state index contributed by atoms with van der Waals surface area (Å²) >= 11 is 0. The molecule has 13 heavy (non-hydrogen) atoms. The third kappa shape index (κ3) is 1.98. The van der Waals surface area contributed by atoms with Crippen LogP contribution in [0.15, 0.2) is 0 Å². The van der Waals surface area contributed by atoms with Crippen molar-refractivity contribution in [1.82, 2.24) is 0 Å². The maximum absolute atomic E-state index is 9.28. The van der Waals surface area contributed by atoms with Crippen LogP contribution in [0.4, 0.5) is 0 Å². The highest BCUT2D eigenvalue weighted by Gasteiger charge is 2.43. The van der Waals surface area contributed by atoms with Crippen LogP contribution in [0.1, 0.15) is 0 Å². The average Bonchev–Trinajstić information content (AvgIpc) is 2.15. The summed E-state index contributed by atoms with van der Waals surface area (Å²) in [6, 6.07) is 0. The van der Waals surface area contributed by atoms with Gasteiger partial charge in [0.2, 0.25) is 0 Å². The lowest BCUT2D eigenvalue weighted by Gasteiger charge is -2.38. The molecule has 0 bridgehead atoms. The summed E-state index contributed by atoms with van der Waals surface area (Å²) in [4.78, 5) is 0. The molecule has 1 heterocycles. The molecule has 6 nitrogen and oxygen atoms in total. The van der Waals surface area contributed by atoms with Gasteiger partial charge in [-0.3, -0.25) is 0 Å². The number of aliphatic hydroxyl groups is 4. The van der Waals surface area contributed by atoms with Gasteiger partial charge < -0.3 is 29.9 Å². The van der Waals surface area contributed by atoms with Crippen molar-refractivity contribution in [3.63, 3.8) is 0 Å². The summed E-state index contributed by atoms with van der Waals surface area (Å²) in [5, 5.41) is 36.6. The van der Waals surface area contributed by atoms with Gasteiger partial charge in [-0.05, 0) is 0 Å². The van der Waals surface area contributed by atoms with E-state index in [0.717, 1.165) is 0 Å². The fourth-order valence-electron chi connectivity index (χ4n) is 1.26. The van der Waals surface area contributed by atoms with Crippen LogP contribution in [0.3, 0.4) is 0 Å². The van der Waals surface area contributed by atoms with Crippen molar-refractivity contribution in [3.05, 3.63) is 0 Å². The molecular weight excluding hydrogens is 180 g/mol. The molecule has 1 aliphatic rings. The van der Waals surface area contributed by atoms with E-state index < -0.39 is 37.3 Å². The van der Waals surface area contributed by atoms with E-state index >= 15 is 0 Å². The monoisotopic (exact) mass is 194 g/mol. The second kappa shape index (κ2) is 4.32. The Morgan fingerprint density at radius 3 is 2.23 bits per heavy atom. The molecule has 0 aliphatic carbocycles. The Kier molecular flexibility index (Phi) is 3.60. The Morgan fingerprint density at radius 1 is 1.15 bits per heavy atom. The number of hydrogen-bond acceptors (Lipinski definition) is 6. The van der Waals surface area contributed by atoms with Gasteiger partial charge in [-0.2, -0.15) is 0 Å². The molecule has 1 fully saturated rings. The summed E-state index contributed by atoms with van der Waals surface area (Å²) in [6.07, 6.45) is -5.91. The van der Waals surface area contributed by atoms with Crippen LogP contribution in [0.5, 0.6) is 0 Å². The predicted octanol–water partition coefficient (Wildman–Crippen LogP) is -2.57. The molecule has 0 aromatic heterocycles. The van der Waals surface area contributed by atoms with Crippen LogP contribution in [0.25, 0.3) is 0 Å². The van der Waals surface area contributed by atoms with Gasteiger partial charge in [-0.1, -0.05) is 0 Å². The van der Waals surface area contributed by atoms with Crippen LogP contribution in [0.2, 0.25) is 0 Å². The maximum atomic E-state index is 9.28. The van der Waals surface area contributed by atoms with E-state index in [-0.39, 0.29) is 0 Å². The Bertz CT molecular complexity index is 143. The van der Waals surface area contributed by atoms with Crippen molar-refractivity contribution < 1.29 is 29.9 Å². The molecule has 4 N–H and O–H groups in total. The Morgan fingerprint density at radius 2 is 1.77 bits per heavy atom. The number of aliphatic hydroxyl groups excluding tert-OH is 4. The van der Waals surface area contributed by atoms with E-state index in [1.54, 1.807) is 0 Å². The van der Waals surface area contributed by atoms with E-state index in [1.165, 1.54) is 7.11 Å². The van der Waals surface area contributed by atoms with Crippen LogP contribution < -0.4 is 0 Å². The lowest BCUT2D eigenvalue weighted by atomic mass is 9.99. The zero-order chi connectivity index (χ0) is 10.0. The minimum atomic E-state index is -1.36. The maximum Gasteiger partial charge on any atom is 0.186 e. The summed E-state index contributed by atoms with van der Waals surface area (Å²) in [7, 11) is 1.30. The second-order valence-electron chi connectivity index (χ2n) is 2.93. The molecule has 5 atom stereocenters. The first-order chi connectivity index (χ1) is 6.11. The predicted molar refractivity (Wildman–Crippen MR) is 40.8 cm³/mol. The number of rotatable bonds is 2. The molecule has 0 amide bonds. The third-order valence-corrected chi connectivity index (χ3v) is 2.08. The number of ether oxygens (including phenoxy) is 2. The van der Waals surface area contributed by atoms with Crippen LogP contribution in [-0.4, -0.2) is 64.8 Å². The SMILES string of the molecule is COC1O[C@H](CO)C(O)[C@@H](O)[C@@H]1O. The third-order valence-electron chi connectivity index (χ3n) is 2.08. The number of methoxy groups -OCH3 is 1. The van der Waals surface area contributed by atoms with Crippen molar-refractivity contribution in [1.29, 1.82) is 0 Å². The molecule has 0 aromatic rings. The minimum absolute atomic E-state index is 0.440. The zero-order valence-electron chi connectivity index (χ0n) is 7.20. The molecule has 1 rings (SSSR count). The topological polar surface area (TPSA) is 99.4 Å². The molecule has 0 saturated carbocycles. The van der Waals surface area contributed by atoms with Gasteiger partial charge in [0.15, 0.2) is 6.29 Å². The largest absolute Gasteiger partial charge is 0.394 e. The van der Waals surface area contributed by atoms with Gasteiger partial charge in [0, 0.05) is 7.11 Å². The van der Waals surface area contributed by atoms with Gasteiger partial charge in [-0.15, -0.1) is 0 Å². The van der Waals surface area contributed by atoms with E-state index in [1.807, 2.05) is 0 Å². The van der Waals surface area contributed by atoms with Crippen molar-refractivity contribution in [2.75, 3.05) is 13.7 Å². The first-order valence-electron chi connectivity index (χ1n) is 3.95. The van der Waals surface area contributed by atoms with Crippen LogP contribution in [0, 0.1) is 0 Å². The highest BCUT2D eigenvalue weighted by atomic mass is 16.7. The van der Waals surface area contributed by atoms with Gasteiger partial charge in [0.25, 0.3) is 0 Å². The zero-order valence-corrected chi connectivity index (χ0v) is 7.20. The molecule has 78 valence electrons. The molecule has 2 unspecified atom stereocenters. The molecule has 1 aliphatic heterocycles. The standard InChI is InChI=1S/C7H14O6/c1-12-7-6(11)5(10)4(9)3(2-8)13-7/h3-11H,2H2,1H3/t3-,4?,5-,6+,7?/m1/s1. The van der Waals surface area contributed by atoms with E-state index in [4.69, 9.17) is 14.6 Å². The molecule has 0 radical (unpaired) electrons. The molecule has 6 heteroatoms. The molecule has 1 saturated heterocycles. The van der Waals surface area contributed by atoms with Crippen molar-refractivity contribution >= 4 is 0 Å². The molecule has 0 aromatic carbocycles. The quantitative estimate of drug-likeness (QED) is 0.386. The van der Waals surface area contributed by atoms with Crippen molar-refractivity contribution in [2.45, 2.75) is 30.7 Å². The highest BCUT2D eigenvalue weighted by molar-refractivity contribution is 4.88. The fourth-order valence-corrected chi connectivity index (χ4v) is 1.26. The van der Waals surface area contributed by atoms with E-state index in [9.17, 15) is 15.3 Å². The van der Waals surface area contributed by atoms with E-state index in [0.29, 0.717) is 0 Å². The van der Waals surface area contributed by atoms with Crippen molar-refractivity contribution in [2.24, 2.45) is 0 Å². The first-order valence-corrected chi connectivity index (χ1v) is 3.95. The summed E-state index contributed by atoms with van der Waals surface area (Å²) in [5.74, 6) is 0. The summed E-state index contributed by atoms with van der Waals surface area (Å²) < 4.78 is 9.65. The van der Waals surface area contributed by atoms with Gasteiger partial charge in [0.05, 0.1) is 6.61 Å². The van der Waals surface area contributed by atoms with Gasteiger partial charge in [-0.25, -0.2) is 0 Å². The average molecular weight is 194 g/mol. The Balaban J connectivity index is 2.66. The second-order valence-corrected chi connectivity index (χ2v) is 2.93. The van der Waals surface area contributed by atoms with Crippen LogP contribution in [-0.2, 0) is 9.47 Å². The lowest BCUT2D eigenvalue weighted by molar-refractivity contribution is -0.294. The first kappa shape index (κ1) is 10.8. The minimum Gasteiger partial charge on any atom is -0.394 e. The Labute approximate surface area is 75.3 Å². The molecule has 0 spiro atoms. The van der Waals surface area contributed by atoms with E-state index in [2.05, 4.69) is 0 Å². The van der Waals surface area contributed by atoms with Gasteiger partial charge in [0.1, 0.15) is 24.4 Å². The van der Waals surface area contributed by atoms with Crippen LogP contribution >= 0.6 is 0 Å². The number of hydrogen-bond donors (Lipinski definition) is 4. The summed E-state index contributed by atoms with van der Waals surface area (Å²) in [5.41, 5.74) is 0. The lowest BCUT2D eigenvalue weighted by Crippen LogP contribution is -2.58. The smallest absolute Gasteiger partial charge is 0.186 e. The highest BCUT2D eigenvalue weighted by Crippen LogP contribution is 2.20. The van der Waals surface area contributed by atoms with Gasteiger partial charge >= 0.3 is 0 Å².